The van der Waals surface area contributed by atoms with E-state index in [1.807, 2.05) is 109 Å². The quantitative estimate of drug-likeness (QED) is 0.160. The molecule has 10 rings (SSSR count). The van der Waals surface area contributed by atoms with Gasteiger partial charge in [0.1, 0.15) is 0 Å². The monoisotopic (exact) mass is 812 g/mol. The van der Waals surface area contributed by atoms with Gasteiger partial charge in [-0.3, -0.25) is 4.98 Å². The molecule has 0 radical (unpaired) electrons. The number of rotatable bonds is 5. The molecule has 0 aliphatic carbocycles. The van der Waals surface area contributed by atoms with Crippen LogP contribution in [0.2, 0.25) is 0 Å². The summed E-state index contributed by atoms with van der Waals surface area (Å²) in [6.07, 6.45) is 1.75. The number of pyridine rings is 1. The third kappa shape index (κ3) is 5.86. The summed E-state index contributed by atoms with van der Waals surface area (Å²) in [6.45, 7) is 23.2. The van der Waals surface area contributed by atoms with Crippen molar-refractivity contribution in [3.63, 3.8) is 0 Å². The Labute approximate surface area is 365 Å². The van der Waals surface area contributed by atoms with Gasteiger partial charge in [-0.1, -0.05) is 48.5 Å². The average Bonchev–Trinajstić information content (AvgIpc) is 3.87. The number of benzene rings is 7. The van der Waals surface area contributed by atoms with Crippen LogP contribution in [-0.2, 0) is 0 Å². The summed E-state index contributed by atoms with van der Waals surface area (Å²) in [5, 5.41) is 43.6. The number of nitrogens with zero attached hydrogens (tertiary/aromatic N) is 10. The average molecular weight is 813 g/mol. The Balaban J connectivity index is 1.16. The minimum atomic E-state index is 0.222. The summed E-state index contributed by atoms with van der Waals surface area (Å²) in [6, 6.07) is 52.0. The normalized spacial score (nSPS) is 10.7. The predicted molar refractivity (Wildman–Crippen MR) is 247 cm³/mol. The van der Waals surface area contributed by atoms with Gasteiger partial charge >= 0.3 is 0 Å². The van der Waals surface area contributed by atoms with Crippen molar-refractivity contribution < 1.29 is 0 Å². The van der Waals surface area contributed by atoms with Crippen LogP contribution in [0.3, 0.4) is 0 Å². The van der Waals surface area contributed by atoms with Gasteiger partial charge in [-0.15, -0.1) is 0 Å². The first-order chi connectivity index (χ1) is 31.4. The van der Waals surface area contributed by atoms with Gasteiger partial charge in [-0.05, 0) is 108 Å². The number of para-hydroxylation sites is 2. The predicted octanol–water partition coefficient (Wildman–Crippen LogP) is 13.4. The first kappa shape index (κ1) is 38.0. The zero-order valence-electron chi connectivity index (χ0n) is 33.3. The SMILES string of the molecule is [C-]#[N+]c1cc(C#N)c(-c2ccc3c(c2)c2ccccc2n3-c2ccc(C#N)cc2-c2cc(-n3c4ccccc4c4cc(-c5c([N+]#[C-])cc(C#N)cc5[N+]#[C-])ccc43)ccn2)c(C#N)c1. The highest BCUT2D eigenvalue weighted by molar-refractivity contribution is 6.12. The van der Waals surface area contributed by atoms with Crippen LogP contribution in [0.1, 0.15) is 22.3 Å². The van der Waals surface area contributed by atoms with Crippen LogP contribution < -0.4 is 0 Å². The van der Waals surface area contributed by atoms with E-state index in [1.54, 1.807) is 12.3 Å². The fraction of sp³-hybridized carbons (Fsp3) is 0. The molecule has 0 bridgehead atoms. The molecule has 10 heteroatoms. The molecule has 0 N–H and O–H groups in total. The summed E-state index contributed by atoms with van der Waals surface area (Å²) in [7, 11) is 0. The molecule has 0 aliphatic rings. The number of hydrogen-bond acceptors (Lipinski definition) is 5. The van der Waals surface area contributed by atoms with E-state index in [0.717, 1.165) is 55.0 Å². The Hall–Kier alpha value is -10.3. The molecule has 0 aliphatic heterocycles. The minimum Gasteiger partial charge on any atom is -0.309 e. The molecule has 64 heavy (non-hydrogen) atoms. The fourth-order valence-corrected chi connectivity index (χ4v) is 8.83. The highest BCUT2D eigenvalue weighted by Gasteiger charge is 2.22. The molecule has 10 nitrogen and oxygen atoms in total. The van der Waals surface area contributed by atoms with E-state index in [4.69, 9.17) is 24.7 Å². The van der Waals surface area contributed by atoms with Gasteiger partial charge in [0.15, 0.2) is 17.1 Å². The van der Waals surface area contributed by atoms with Crippen LogP contribution in [0.25, 0.3) is 103 Å². The van der Waals surface area contributed by atoms with E-state index in [0.29, 0.717) is 39.1 Å². The van der Waals surface area contributed by atoms with E-state index in [1.165, 1.54) is 24.3 Å². The molecule has 0 amide bonds. The molecule has 10 aromatic rings. The van der Waals surface area contributed by atoms with Crippen LogP contribution in [-0.4, -0.2) is 14.1 Å². The second kappa shape index (κ2) is 15.1. The second-order valence-electron chi connectivity index (χ2n) is 14.9. The number of nitriles is 4. The van der Waals surface area contributed by atoms with E-state index in [9.17, 15) is 21.0 Å². The lowest BCUT2D eigenvalue weighted by molar-refractivity contribution is 1.14. The summed E-state index contributed by atoms with van der Waals surface area (Å²) in [4.78, 5) is 15.8. The molecule has 7 aromatic carbocycles. The summed E-state index contributed by atoms with van der Waals surface area (Å²) >= 11 is 0. The van der Waals surface area contributed by atoms with Crippen molar-refractivity contribution in [1.82, 2.24) is 14.1 Å². The van der Waals surface area contributed by atoms with E-state index >= 15 is 0 Å². The van der Waals surface area contributed by atoms with E-state index in [-0.39, 0.29) is 33.8 Å². The number of hydrogen-bond donors (Lipinski definition) is 0. The van der Waals surface area contributed by atoms with Crippen LogP contribution in [0.4, 0.5) is 17.1 Å². The molecular formula is C54H24N10. The van der Waals surface area contributed by atoms with Crippen molar-refractivity contribution in [1.29, 1.82) is 21.0 Å². The zero-order chi connectivity index (χ0) is 44.1. The summed E-state index contributed by atoms with van der Waals surface area (Å²) in [5.41, 5.74) is 10.7. The van der Waals surface area contributed by atoms with Crippen LogP contribution in [0.5, 0.6) is 0 Å². The lowest BCUT2D eigenvalue weighted by Gasteiger charge is -2.16. The minimum absolute atomic E-state index is 0.222. The Morgan fingerprint density at radius 1 is 0.469 bits per heavy atom. The third-order valence-electron chi connectivity index (χ3n) is 11.5. The summed E-state index contributed by atoms with van der Waals surface area (Å²) in [5.74, 6) is 0. The van der Waals surface area contributed by atoms with Crippen molar-refractivity contribution in [2.45, 2.75) is 0 Å². The Bertz CT molecular complexity index is 3930. The van der Waals surface area contributed by atoms with Crippen molar-refractivity contribution in [2.75, 3.05) is 0 Å². The van der Waals surface area contributed by atoms with Gasteiger partial charge in [0.25, 0.3) is 0 Å². The number of fused-ring (bicyclic) bond motifs is 6. The maximum absolute atomic E-state index is 10.2. The van der Waals surface area contributed by atoms with Gasteiger partial charge in [0.2, 0.25) is 0 Å². The Morgan fingerprint density at radius 3 is 1.61 bits per heavy atom. The molecule has 290 valence electrons. The molecule has 3 aromatic heterocycles. The molecule has 0 unspecified atom stereocenters. The largest absolute Gasteiger partial charge is 0.309 e. The third-order valence-corrected chi connectivity index (χ3v) is 11.5. The molecule has 0 spiro atoms. The molecular weight excluding hydrogens is 789 g/mol. The van der Waals surface area contributed by atoms with Gasteiger partial charge in [0, 0.05) is 50.1 Å². The maximum atomic E-state index is 10.2. The van der Waals surface area contributed by atoms with Crippen molar-refractivity contribution in [3.8, 4) is 69.2 Å². The van der Waals surface area contributed by atoms with E-state index in [2.05, 4.69) is 47.9 Å². The van der Waals surface area contributed by atoms with Crippen molar-refractivity contribution >= 4 is 60.7 Å². The van der Waals surface area contributed by atoms with Gasteiger partial charge in [-0.25, -0.2) is 14.5 Å². The van der Waals surface area contributed by atoms with Crippen LogP contribution in [0, 0.1) is 65.0 Å². The maximum Gasteiger partial charge on any atom is 0.189 e. The Kier molecular flexibility index (Phi) is 8.94. The van der Waals surface area contributed by atoms with Crippen molar-refractivity contribution in [3.05, 3.63) is 202 Å². The highest BCUT2D eigenvalue weighted by atomic mass is 15.0. The number of aromatic nitrogens is 3. The first-order valence-electron chi connectivity index (χ1n) is 19.7. The molecule has 0 atom stereocenters. The van der Waals surface area contributed by atoms with Crippen molar-refractivity contribution in [2.24, 2.45) is 0 Å². The fourth-order valence-electron chi connectivity index (χ4n) is 8.83. The zero-order valence-corrected chi connectivity index (χ0v) is 33.3. The summed E-state index contributed by atoms with van der Waals surface area (Å²) < 4.78 is 4.28. The van der Waals surface area contributed by atoms with Gasteiger partial charge in [-0.2, -0.15) is 21.0 Å². The molecule has 0 saturated carbocycles. The first-order valence-corrected chi connectivity index (χ1v) is 19.7. The van der Waals surface area contributed by atoms with Crippen LogP contribution in [0.15, 0.2) is 146 Å². The molecule has 0 fully saturated rings. The van der Waals surface area contributed by atoms with Gasteiger partial charge in [0.05, 0.1) is 94.1 Å². The highest BCUT2D eigenvalue weighted by Crippen LogP contribution is 2.44. The van der Waals surface area contributed by atoms with Gasteiger partial charge < -0.3 is 9.13 Å². The molecule has 3 heterocycles. The second-order valence-corrected chi connectivity index (χ2v) is 14.9. The molecule has 0 saturated heterocycles. The lowest BCUT2D eigenvalue weighted by atomic mass is 9.93. The van der Waals surface area contributed by atoms with Crippen LogP contribution >= 0.6 is 0 Å². The standard InChI is InChI=1S/C54H24N10/c1-59-38-23-36(30-57)53(37(24-38)31-58)34-13-17-51-43(25-34)41-9-5-7-11-49(41)64(51)52-15-12-32(28-55)20-44(52)45-27-39(18-19-62-45)63-48-10-6-4-8-40(48)42-26-35(14-16-50(42)63)54-46(60-2)21-33(29-56)22-47(54)61-3/h4-27H. The van der Waals surface area contributed by atoms with E-state index < -0.39 is 0 Å². The Morgan fingerprint density at radius 2 is 1.03 bits per heavy atom. The lowest BCUT2D eigenvalue weighted by Crippen LogP contribution is -2.00. The topological polar surface area (TPSA) is 131 Å². The smallest absolute Gasteiger partial charge is 0.189 e.